The van der Waals surface area contributed by atoms with Crippen LogP contribution in [0.4, 0.5) is 13.2 Å². The zero-order valence-electron chi connectivity index (χ0n) is 11.0. The molecule has 2 unspecified atom stereocenters. The highest BCUT2D eigenvalue weighted by Crippen LogP contribution is 2.30. The second-order valence-electron chi connectivity index (χ2n) is 4.28. The Morgan fingerprint density at radius 1 is 1.37 bits per heavy atom. The van der Waals surface area contributed by atoms with E-state index >= 15 is 0 Å². The van der Waals surface area contributed by atoms with Crippen molar-refractivity contribution in [2.24, 2.45) is 0 Å². The van der Waals surface area contributed by atoms with Crippen LogP contribution in [0.1, 0.15) is 30.5 Å². The minimum absolute atomic E-state index is 0.324. The highest BCUT2D eigenvalue weighted by Gasteiger charge is 2.31. The van der Waals surface area contributed by atoms with Gasteiger partial charge in [0.2, 0.25) is 0 Å². The normalized spacial score (nSPS) is 15.2. The van der Waals surface area contributed by atoms with E-state index in [0.717, 1.165) is 18.6 Å². The van der Waals surface area contributed by atoms with Crippen LogP contribution in [-0.4, -0.2) is 22.8 Å². The zero-order chi connectivity index (χ0) is 14.5. The summed E-state index contributed by atoms with van der Waals surface area (Å²) in [6, 6.07) is 4.84. The standard InChI is InChI=1S/C13H18F3NOS/c1-3-7-19(18)9-12(17-2)10-5-4-6-11(8-10)13(14,15)16/h4-6,8,12,17H,3,7,9H2,1-2H3. The van der Waals surface area contributed by atoms with Crippen LogP contribution in [-0.2, 0) is 17.0 Å². The second-order valence-corrected chi connectivity index (χ2v) is 5.90. The molecule has 0 saturated heterocycles. The molecule has 0 amide bonds. The van der Waals surface area contributed by atoms with Crippen LogP contribution in [0.25, 0.3) is 0 Å². The van der Waals surface area contributed by atoms with E-state index in [4.69, 9.17) is 0 Å². The molecule has 1 rings (SSSR count). The van der Waals surface area contributed by atoms with Gasteiger partial charge < -0.3 is 5.32 Å². The third-order valence-electron chi connectivity index (χ3n) is 2.75. The predicted octanol–water partition coefficient (Wildman–Crippen LogP) is 3.12. The summed E-state index contributed by atoms with van der Waals surface area (Å²) in [4.78, 5) is 0. The van der Waals surface area contributed by atoms with Gasteiger partial charge in [0.15, 0.2) is 0 Å². The van der Waals surface area contributed by atoms with Gasteiger partial charge in [-0.3, -0.25) is 4.21 Å². The van der Waals surface area contributed by atoms with E-state index in [9.17, 15) is 17.4 Å². The number of rotatable bonds is 6. The van der Waals surface area contributed by atoms with Crippen LogP contribution in [0.3, 0.4) is 0 Å². The number of alkyl halides is 3. The maximum atomic E-state index is 12.6. The Kier molecular flexibility index (Phi) is 6.00. The van der Waals surface area contributed by atoms with E-state index in [2.05, 4.69) is 5.32 Å². The molecule has 0 aliphatic carbocycles. The number of halogens is 3. The highest BCUT2D eigenvalue weighted by molar-refractivity contribution is 7.85. The fourth-order valence-electron chi connectivity index (χ4n) is 1.77. The van der Waals surface area contributed by atoms with Crippen LogP contribution >= 0.6 is 0 Å². The Morgan fingerprint density at radius 2 is 2.05 bits per heavy atom. The molecule has 0 saturated carbocycles. The molecule has 0 spiro atoms. The summed E-state index contributed by atoms with van der Waals surface area (Å²) >= 11 is 0. The van der Waals surface area contributed by atoms with Gasteiger partial charge in [0.25, 0.3) is 0 Å². The molecule has 6 heteroatoms. The average Bonchev–Trinajstić information content (AvgIpc) is 2.35. The van der Waals surface area contributed by atoms with E-state index in [1.165, 1.54) is 6.07 Å². The van der Waals surface area contributed by atoms with E-state index in [1.54, 1.807) is 13.1 Å². The number of benzene rings is 1. The first-order valence-electron chi connectivity index (χ1n) is 6.08. The second kappa shape index (κ2) is 7.05. The van der Waals surface area contributed by atoms with Crippen molar-refractivity contribution in [2.45, 2.75) is 25.6 Å². The van der Waals surface area contributed by atoms with Crippen molar-refractivity contribution >= 4 is 10.8 Å². The monoisotopic (exact) mass is 293 g/mol. The molecule has 2 nitrogen and oxygen atoms in total. The minimum Gasteiger partial charge on any atom is -0.312 e. The molecule has 0 heterocycles. The molecular formula is C13H18F3NOS. The maximum Gasteiger partial charge on any atom is 0.416 e. The molecule has 0 aliphatic rings. The van der Waals surface area contributed by atoms with Crippen molar-refractivity contribution in [1.82, 2.24) is 5.32 Å². The molecule has 0 bridgehead atoms. The summed E-state index contributed by atoms with van der Waals surface area (Å²) in [6.07, 6.45) is -3.55. The van der Waals surface area contributed by atoms with Gasteiger partial charge in [-0.2, -0.15) is 13.2 Å². The highest BCUT2D eigenvalue weighted by atomic mass is 32.2. The molecule has 0 radical (unpaired) electrons. The molecule has 2 atom stereocenters. The average molecular weight is 293 g/mol. The predicted molar refractivity (Wildman–Crippen MR) is 71.4 cm³/mol. The first-order valence-corrected chi connectivity index (χ1v) is 7.56. The van der Waals surface area contributed by atoms with Crippen molar-refractivity contribution < 1.29 is 17.4 Å². The van der Waals surface area contributed by atoms with Crippen LogP contribution in [0.15, 0.2) is 24.3 Å². The summed E-state index contributed by atoms with van der Waals surface area (Å²) in [5, 5.41) is 2.93. The summed E-state index contributed by atoms with van der Waals surface area (Å²) in [5.41, 5.74) is -0.159. The molecule has 0 aliphatic heterocycles. The van der Waals surface area contributed by atoms with Crippen molar-refractivity contribution in [3.8, 4) is 0 Å². The molecule has 0 fully saturated rings. The van der Waals surface area contributed by atoms with E-state index < -0.39 is 22.5 Å². The van der Waals surface area contributed by atoms with Gasteiger partial charge in [-0.1, -0.05) is 19.1 Å². The third-order valence-corrected chi connectivity index (χ3v) is 4.32. The Morgan fingerprint density at radius 3 is 2.58 bits per heavy atom. The lowest BCUT2D eigenvalue weighted by Gasteiger charge is -2.17. The number of hydrogen-bond acceptors (Lipinski definition) is 2. The lowest BCUT2D eigenvalue weighted by molar-refractivity contribution is -0.137. The van der Waals surface area contributed by atoms with Crippen molar-refractivity contribution in [1.29, 1.82) is 0 Å². The van der Waals surface area contributed by atoms with Gasteiger partial charge in [0, 0.05) is 28.3 Å². The summed E-state index contributed by atoms with van der Waals surface area (Å²) in [6.45, 7) is 1.93. The maximum absolute atomic E-state index is 12.6. The molecule has 1 aromatic rings. The Balaban J connectivity index is 2.90. The summed E-state index contributed by atoms with van der Waals surface area (Å²) < 4.78 is 49.6. The van der Waals surface area contributed by atoms with Gasteiger partial charge in [0.05, 0.1) is 5.56 Å². The summed E-state index contributed by atoms with van der Waals surface area (Å²) in [7, 11) is 0.639. The van der Waals surface area contributed by atoms with Gasteiger partial charge in [-0.25, -0.2) is 0 Å². The van der Waals surface area contributed by atoms with Gasteiger partial charge >= 0.3 is 6.18 Å². The van der Waals surface area contributed by atoms with Crippen molar-refractivity contribution in [2.75, 3.05) is 18.6 Å². The van der Waals surface area contributed by atoms with Gasteiger partial charge in [0.1, 0.15) is 0 Å². The SMILES string of the molecule is CCCS(=O)CC(NC)c1cccc(C(F)(F)F)c1. The van der Waals surface area contributed by atoms with E-state index in [-0.39, 0.29) is 6.04 Å². The third kappa shape index (κ3) is 4.95. The minimum atomic E-state index is -4.35. The lowest BCUT2D eigenvalue weighted by atomic mass is 10.1. The molecule has 19 heavy (non-hydrogen) atoms. The molecule has 1 aromatic carbocycles. The van der Waals surface area contributed by atoms with E-state index in [1.807, 2.05) is 6.92 Å². The molecule has 1 N–H and O–H groups in total. The fraction of sp³-hybridized carbons (Fsp3) is 0.538. The van der Waals surface area contributed by atoms with Crippen molar-refractivity contribution in [3.63, 3.8) is 0 Å². The molecule has 108 valence electrons. The first-order chi connectivity index (χ1) is 8.88. The number of nitrogens with one attached hydrogen (secondary N) is 1. The largest absolute Gasteiger partial charge is 0.416 e. The van der Waals surface area contributed by atoms with Crippen molar-refractivity contribution in [3.05, 3.63) is 35.4 Å². The van der Waals surface area contributed by atoms with E-state index in [0.29, 0.717) is 17.1 Å². The van der Waals surface area contributed by atoms with Crippen LogP contribution in [0.5, 0.6) is 0 Å². The Hall–Kier alpha value is -0.880. The zero-order valence-corrected chi connectivity index (χ0v) is 11.8. The van der Waals surface area contributed by atoms with Gasteiger partial charge in [-0.05, 0) is 31.2 Å². The summed E-state index contributed by atoms with van der Waals surface area (Å²) in [5.74, 6) is 0.892. The lowest BCUT2D eigenvalue weighted by Crippen LogP contribution is -2.24. The topological polar surface area (TPSA) is 29.1 Å². The number of hydrogen-bond donors (Lipinski definition) is 1. The molecular weight excluding hydrogens is 275 g/mol. The van der Waals surface area contributed by atoms with Crippen LogP contribution in [0.2, 0.25) is 0 Å². The quantitative estimate of drug-likeness (QED) is 0.873. The fourth-order valence-corrected chi connectivity index (χ4v) is 3.13. The molecule has 0 aromatic heterocycles. The Labute approximate surface area is 113 Å². The van der Waals surface area contributed by atoms with Crippen LogP contribution < -0.4 is 5.32 Å². The van der Waals surface area contributed by atoms with Crippen LogP contribution in [0, 0.1) is 0 Å². The smallest absolute Gasteiger partial charge is 0.312 e. The Bertz CT molecular complexity index is 434. The van der Waals surface area contributed by atoms with Gasteiger partial charge in [-0.15, -0.1) is 0 Å². The first kappa shape index (κ1) is 16.2.